The summed E-state index contributed by atoms with van der Waals surface area (Å²) in [5.41, 5.74) is 7.22. The summed E-state index contributed by atoms with van der Waals surface area (Å²) in [6.45, 7) is 4.58. The number of ether oxygens (including phenoxy) is 1. The first-order valence-electron chi connectivity index (χ1n) is 6.09. The second-order valence-corrected chi connectivity index (χ2v) is 3.97. The van der Waals surface area contributed by atoms with Crippen LogP contribution in [0.2, 0.25) is 0 Å². The van der Waals surface area contributed by atoms with E-state index in [1.165, 1.54) is 0 Å². The van der Waals surface area contributed by atoms with Crippen LogP contribution in [0.1, 0.15) is 26.2 Å². The summed E-state index contributed by atoms with van der Waals surface area (Å²) in [4.78, 5) is 0. The maximum atomic E-state index is 5.82. The number of nitrogens with two attached hydrogens (primary N) is 1. The second-order valence-electron chi connectivity index (χ2n) is 3.97. The molecule has 0 bridgehead atoms. The number of benzene rings is 1. The third-order valence-corrected chi connectivity index (χ3v) is 2.42. The van der Waals surface area contributed by atoms with Gasteiger partial charge >= 0.3 is 0 Å². The smallest absolute Gasteiger partial charge is 0.247 e. The molecule has 0 saturated carbocycles. The van der Waals surface area contributed by atoms with Crippen LogP contribution in [0.4, 0.5) is 5.69 Å². The standard InChI is InChI=1S/C13H17N3O2/c1-3-5-12-15-16-13(18-12)9-6-10(14)8-11(7-9)17-4-2/h6-8H,3-5,14H2,1-2H3. The van der Waals surface area contributed by atoms with Crippen molar-refractivity contribution in [2.45, 2.75) is 26.7 Å². The van der Waals surface area contributed by atoms with Crippen molar-refractivity contribution in [2.24, 2.45) is 0 Å². The van der Waals surface area contributed by atoms with E-state index in [0.29, 0.717) is 29.8 Å². The highest BCUT2D eigenvalue weighted by Gasteiger charge is 2.10. The monoisotopic (exact) mass is 247 g/mol. The van der Waals surface area contributed by atoms with Gasteiger partial charge < -0.3 is 14.9 Å². The van der Waals surface area contributed by atoms with E-state index in [4.69, 9.17) is 14.9 Å². The van der Waals surface area contributed by atoms with E-state index in [0.717, 1.165) is 18.4 Å². The highest BCUT2D eigenvalue weighted by atomic mass is 16.5. The minimum Gasteiger partial charge on any atom is -0.494 e. The number of hydrogen-bond acceptors (Lipinski definition) is 5. The van der Waals surface area contributed by atoms with Crippen LogP contribution in [0.25, 0.3) is 11.5 Å². The Kier molecular flexibility index (Phi) is 3.82. The van der Waals surface area contributed by atoms with E-state index in [1.54, 1.807) is 12.1 Å². The van der Waals surface area contributed by atoms with Crippen molar-refractivity contribution in [3.8, 4) is 17.2 Å². The van der Waals surface area contributed by atoms with Gasteiger partial charge in [-0.05, 0) is 25.5 Å². The molecule has 2 rings (SSSR count). The van der Waals surface area contributed by atoms with Crippen molar-refractivity contribution in [3.05, 3.63) is 24.1 Å². The molecular weight excluding hydrogens is 230 g/mol. The van der Waals surface area contributed by atoms with E-state index in [1.807, 2.05) is 13.0 Å². The highest BCUT2D eigenvalue weighted by Crippen LogP contribution is 2.26. The third-order valence-electron chi connectivity index (χ3n) is 2.42. The van der Waals surface area contributed by atoms with E-state index in [9.17, 15) is 0 Å². The molecule has 5 nitrogen and oxygen atoms in total. The zero-order chi connectivity index (χ0) is 13.0. The van der Waals surface area contributed by atoms with Crippen LogP contribution in [-0.2, 0) is 6.42 Å². The summed E-state index contributed by atoms with van der Waals surface area (Å²) in [5.74, 6) is 1.84. The summed E-state index contributed by atoms with van der Waals surface area (Å²) in [6.07, 6.45) is 1.76. The number of nitrogen functional groups attached to an aromatic ring is 1. The molecule has 1 aromatic heterocycles. The van der Waals surface area contributed by atoms with E-state index in [-0.39, 0.29) is 0 Å². The normalized spacial score (nSPS) is 10.6. The quantitative estimate of drug-likeness (QED) is 0.822. The van der Waals surface area contributed by atoms with E-state index >= 15 is 0 Å². The van der Waals surface area contributed by atoms with Gasteiger partial charge in [-0.15, -0.1) is 10.2 Å². The van der Waals surface area contributed by atoms with Gasteiger partial charge in [0.05, 0.1) is 6.61 Å². The van der Waals surface area contributed by atoms with Crippen molar-refractivity contribution in [1.29, 1.82) is 0 Å². The van der Waals surface area contributed by atoms with Crippen LogP contribution in [-0.4, -0.2) is 16.8 Å². The topological polar surface area (TPSA) is 74.2 Å². The molecule has 0 unspecified atom stereocenters. The zero-order valence-corrected chi connectivity index (χ0v) is 10.6. The summed E-state index contributed by atoms with van der Waals surface area (Å²) in [6, 6.07) is 5.42. The Morgan fingerprint density at radius 3 is 2.78 bits per heavy atom. The lowest BCUT2D eigenvalue weighted by Crippen LogP contribution is -1.94. The Morgan fingerprint density at radius 2 is 2.06 bits per heavy atom. The molecule has 5 heteroatoms. The number of hydrogen-bond donors (Lipinski definition) is 1. The minimum atomic E-state index is 0.478. The molecule has 1 aromatic carbocycles. The van der Waals surface area contributed by atoms with Crippen LogP contribution in [0.15, 0.2) is 22.6 Å². The maximum absolute atomic E-state index is 5.82. The van der Waals surface area contributed by atoms with Crippen molar-refractivity contribution in [1.82, 2.24) is 10.2 Å². The van der Waals surface area contributed by atoms with Gasteiger partial charge in [-0.1, -0.05) is 6.92 Å². The molecular formula is C13H17N3O2. The molecule has 0 saturated heterocycles. The molecule has 2 aromatic rings. The number of nitrogens with zero attached hydrogens (tertiary/aromatic N) is 2. The van der Waals surface area contributed by atoms with E-state index in [2.05, 4.69) is 17.1 Å². The molecule has 0 atom stereocenters. The Labute approximate surface area is 106 Å². The molecule has 0 aliphatic heterocycles. The molecule has 0 aliphatic carbocycles. The first-order chi connectivity index (χ1) is 8.72. The fourth-order valence-electron chi connectivity index (χ4n) is 1.68. The van der Waals surface area contributed by atoms with Crippen molar-refractivity contribution >= 4 is 5.69 Å². The summed E-state index contributed by atoms with van der Waals surface area (Å²) in [7, 11) is 0. The number of rotatable bonds is 5. The van der Waals surface area contributed by atoms with Crippen molar-refractivity contribution in [3.63, 3.8) is 0 Å². The fourth-order valence-corrected chi connectivity index (χ4v) is 1.68. The SMILES string of the molecule is CCCc1nnc(-c2cc(N)cc(OCC)c2)o1. The van der Waals surface area contributed by atoms with Gasteiger partial charge in [-0.25, -0.2) is 0 Å². The molecule has 0 fully saturated rings. The predicted molar refractivity (Wildman–Crippen MR) is 69.3 cm³/mol. The maximum Gasteiger partial charge on any atom is 0.247 e. The first-order valence-corrected chi connectivity index (χ1v) is 6.09. The third kappa shape index (κ3) is 2.80. The largest absolute Gasteiger partial charge is 0.494 e. The molecule has 0 amide bonds. The summed E-state index contributed by atoms with van der Waals surface area (Å²) in [5, 5.41) is 8.01. The number of aryl methyl sites for hydroxylation is 1. The van der Waals surface area contributed by atoms with Gasteiger partial charge in [-0.3, -0.25) is 0 Å². The van der Waals surface area contributed by atoms with Crippen LogP contribution in [0.5, 0.6) is 5.75 Å². The average Bonchev–Trinajstić information content (AvgIpc) is 2.78. The fraction of sp³-hybridized carbons (Fsp3) is 0.385. The zero-order valence-electron chi connectivity index (χ0n) is 10.6. The van der Waals surface area contributed by atoms with Gasteiger partial charge in [0.15, 0.2) is 0 Å². The Balaban J connectivity index is 2.30. The molecule has 96 valence electrons. The van der Waals surface area contributed by atoms with E-state index < -0.39 is 0 Å². The number of anilines is 1. The minimum absolute atomic E-state index is 0.478. The van der Waals surface area contributed by atoms with Crippen LogP contribution in [0, 0.1) is 0 Å². The Hall–Kier alpha value is -2.04. The molecule has 1 heterocycles. The van der Waals surface area contributed by atoms with Crippen LogP contribution in [0.3, 0.4) is 0 Å². The second kappa shape index (κ2) is 5.53. The Morgan fingerprint density at radius 1 is 1.22 bits per heavy atom. The van der Waals surface area contributed by atoms with Crippen molar-refractivity contribution in [2.75, 3.05) is 12.3 Å². The first kappa shape index (κ1) is 12.4. The molecule has 18 heavy (non-hydrogen) atoms. The van der Waals surface area contributed by atoms with Gasteiger partial charge in [-0.2, -0.15) is 0 Å². The Bertz CT molecular complexity index is 523. The van der Waals surface area contributed by atoms with Gasteiger partial charge in [0.2, 0.25) is 11.8 Å². The van der Waals surface area contributed by atoms with Gasteiger partial charge in [0.1, 0.15) is 5.75 Å². The molecule has 0 aliphatic rings. The molecule has 0 radical (unpaired) electrons. The highest BCUT2D eigenvalue weighted by molar-refractivity contribution is 5.63. The lowest BCUT2D eigenvalue weighted by atomic mass is 10.2. The average molecular weight is 247 g/mol. The molecule has 2 N–H and O–H groups in total. The lowest BCUT2D eigenvalue weighted by molar-refractivity contribution is 0.340. The van der Waals surface area contributed by atoms with Gasteiger partial charge in [0.25, 0.3) is 0 Å². The predicted octanol–water partition coefficient (Wildman–Crippen LogP) is 2.67. The van der Waals surface area contributed by atoms with Crippen molar-refractivity contribution < 1.29 is 9.15 Å². The van der Waals surface area contributed by atoms with Crippen LogP contribution >= 0.6 is 0 Å². The summed E-state index contributed by atoms with van der Waals surface area (Å²) >= 11 is 0. The lowest BCUT2D eigenvalue weighted by Gasteiger charge is -2.05. The summed E-state index contributed by atoms with van der Waals surface area (Å²) < 4.78 is 11.0. The number of aromatic nitrogens is 2. The van der Waals surface area contributed by atoms with Gasteiger partial charge in [0, 0.05) is 23.7 Å². The van der Waals surface area contributed by atoms with Crippen LogP contribution < -0.4 is 10.5 Å². The molecule has 0 spiro atoms.